The molecule has 4 nitrogen and oxygen atoms in total. The molecule has 0 heterocycles. The van der Waals surface area contributed by atoms with Crippen LogP contribution in [0.2, 0.25) is 0 Å². The van der Waals surface area contributed by atoms with Gasteiger partial charge in [0, 0.05) is 11.0 Å². The molecule has 0 N–H and O–H groups in total. The molecule has 2 rings (SSSR count). The number of nitro benzene ring substituents is 1. The number of nitro groups is 1. The summed E-state index contributed by atoms with van der Waals surface area (Å²) in [6.45, 7) is 0. The maximum atomic E-state index is 10.9. The smallest absolute Gasteiger partial charge is 0.258 e. The van der Waals surface area contributed by atoms with Gasteiger partial charge in [-0.3, -0.25) is 10.1 Å². The highest BCUT2D eigenvalue weighted by molar-refractivity contribution is 7.99. The molecule has 0 radical (unpaired) electrons. The Morgan fingerprint density at radius 3 is 2.33 bits per heavy atom. The van der Waals surface area contributed by atoms with Gasteiger partial charge in [-0.2, -0.15) is 5.26 Å². The highest BCUT2D eigenvalue weighted by atomic mass is 32.2. The molecule has 18 heavy (non-hydrogen) atoms. The summed E-state index contributed by atoms with van der Waals surface area (Å²) in [4.78, 5) is 11.7. The molecule has 0 spiro atoms. The summed E-state index contributed by atoms with van der Waals surface area (Å²) in [7, 11) is 0. The van der Waals surface area contributed by atoms with Gasteiger partial charge in [0.05, 0.1) is 15.4 Å². The van der Waals surface area contributed by atoms with E-state index in [1.807, 2.05) is 0 Å². The van der Waals surface area contributed by atoms with Crippen LogP contribution in [0.15, 0.2) is 58.3 Å². The Kier molecular flexibility index (Phi) is 3.60. The number of nitriles is 1. The molecule has 0 bridgehead atoms. The van der Waals surface area contributed by atoms with Crippen LogP contribution in [-0.2, 0) is 0 Å². The number of nitrogens with zero attached hydrogens (tertiary/aromatic N) is 2. The zero-order valence-corrected chi connectivity index (χ0v) is 10.1. The van der Waals surface area contributed by atoms with Gasteiger partial charge in [-0.05, 0) is 18.2 Å². The Hall–Kier alpha value is -2.32. The van der Waals surface area contributed by atoms with E-state index < -0.39 is 4.92 Å². The Morgan fingerprint density at radius 1 is 1.06 bits per heavy atom. The number of hydrogen-bond acceptors (Lipinski definition) is 4. The fraction of sp³-hybridized carbons (Fsp3) is 0. The van der Waals surface area contributed by atoms with E-state index in [0.29, 0.717) is 15.4 Å². The molecule has 0 saturated carbocycles. The lowest BCUT2D eigenvalue weighted by Gasteiger charge is -2.04. The number of para-hydroxylation sites is 1. The minimum absolute atomic E-state index is 0.0512. The summed E-state index contributed by atoms with van der Waals surface area (Å²) >= 11 is 1.23. The lowest BCUT2D eigenvalue weighted by atomic mass is 10.2. The fourth-order valence-electron chi connectivity index (χ4n) is 1.46. The molecule has 88 valence electrons. The Morgan fingerprint density at radius 2 is 1.67 bits per heavy atom. The van der Waals surface area contributed by atoms with Gasteiger partial charge < -0.3 is 0 Å². The van der Waals surface area contributed by atoms with Gasteiger partial charge in [0.15, 0.2) is 0 Å². The van der Waals surface area contributed by atoms with Crippen LogP contribution in [0.25, 0.3) is 0 Å². The van der Waals surface area contributed by atoms with Crippen molar-refractivity contribution in [3.05, 3.63) is 64.2 Å². The first-order valence-electron chi connectivity index (χ1n) is 5.13. The SMILES string of the molecule is N#Cc1ccccc1Sc1ccccc1[N+](=O)[O-]. The first-order valence-corrected chi connectivity index (χ1v) is 5.94. The van der Waals surface area contributed by atoms with E-state index in [0.717, 1.165) is 0 Å². The third-order valence-corrected chi connectivity index (χ3v) is 3.43. The topological polar surface area (TPSA) is 66.9 Å². The molecular weight excluding hydrogens is 248 g/mol. The molecule has 0 aliphatic rings. The van der Waals surface area contributed by atoms with E-state index >= 15 is 0 Å². The van der Waals surface area contributed by atoms with Gasteiger partial charge in [-0.1, -0.05) is 36.0 Å². The fourth-order valence-corrected chi connectivity index (χ4v) is 2.46. The molecule has 0 aliphatic carbocycles. The molecule has 0 amide bonds. The van der Waals surface area contributed by atoms with E-state index in [1.54, 1.807) is 42.5 Å². The summed E-state index contributed by atoms with van der Waals surface area (Å²) in [6.07, 6.45) is 0. The normalized spacial score (nSPS) is 9.72. The maximum absolute atomic E-state index is 10.9. The van der Waals surface area contributed by atoms with Gasteiger partial charge in [0.1, 0.15) is 6.07 Å². The third kappa shape index (κ3) is 2.50. The van der Waals surface area contributed by atoms with Crippen LogP contribution in [0.4, 0.5) is 5.69 Å². The van der Waals surface area contributed by atoms with Gasteiger partial charge in [0.2, 0.25) is 0 Å². The lowest BCUT2D eigenvalue weighted by molar-refractivity contribution is -0.387. The van der Waals surface area contributed by atoms with Gasteiger partial charge in [0.25, 0.3) is 5.69 Å². The largest absolute Gasteiger partial charge is 0.283 e. The quantitative estimate of drug-likeness (QED) is 0.621. The van der Waals surface area contributed by atoms with E-state index in [1.165, 1.54) is 17.8 Å². The van der Waals surface area contributed by atoms with Crippen molar-refractivity contribution < 1.29 is 4.92 Å². The monoisotopic (exact) mass is 256 g/mol. The Balaban J connectivity index is 2.41. The van der Waals surface area contributed by atoms with Crippen LogP contribution >= 0.6 is 11.8 Å². The van der Waals surface area contributed by atoms with Gasteiger partial charge in [-0.25, -0.2) is 0 Å². The molecule has 0 atom stereocenters. The average molecular weight is 256 g/mol. The first kappa shape index (κ1) is 12.1. The molecular formula is C13H8N2O2S. The predicted octanol–water partition coefficient (Wildman–Crippen LogP) is 3.62. The van der Waals surface area contributed by atoms with Crippen molar-refractivity contribution >= 4 is 17.4 Å². The predicted molar refractivity (Wildman–Crippen MR) is 68.4 cm³/mol. The maximum Gasteiger partial charge on any atom is 0.283 e. The molecule has 2 aromatic carbocycles. The second-order valence-corrected chi connectivity index (χ2v) is 4.52. The van der Waals surface area contributed by atoms with Crippen molar-refractivity contribution in [1.82, 2.24) is 0 Å². The third-order valence-electron chi connectivity index (χ3n) is 2.29. The summed E-state index contributed by atoms with van der Waals surface area (Å²) < 4.78 is 0. The van der Waals surface area contributed by atoms with E-state index in [4.69, 9.17) is 5.26 Å². The Bertz CT molecular complexity index is 635. The molecule has 0 aromatic heterocycles. The van der Waals surface area contributed by atoms with Gasteiger partial charge in [-0.15, -0.1) is 0 Å². The number of benzene rings is 2. The van der Waals surface area contributed by atoms with Crippen LogP contribution < -0.4 is 0 Å². The van der Waals surface area contributed by atoms with Crippen LogP contribution in [0.5, 0.6) is 0 Å². The molecule has 5 heteroatoms. The Labute approximate surface area is 108 Å². The van der Waals surface area contributed by atoms with Crippen molar-refractivity contribution in [1.29, 1.82) is 5.26 Å². The highest BCUT2D eigenvalue weighted by Crippen LogP contribution is 2.35. The standard InChI is InChI=1S/C13H8N2O2S/c14-9-10-5-1-3-7-12(10)18-13-8-4-2-6-11(13)15(16)17/h1-8H. The van der Waals surface area contributed by atoms with Gasteiger partial charge >= 0.3 is 0 Å². The summed E-state index contributed by atoms with van der Waals surface area (Å²) in [5, 5.41) is 19.9. The zero-order chi connectivity index (χ0) is 13.0. The molecule has 0 unspecified atom stereocenters. The minimum Gasteiger partial charge on any atom is -0.258 e. The second-order valence-electron chi connectivity index (χ2n) is 3.43. The van der Waals surface area contributed by atoms with E-state index in [9.17, 15) is 10.1 Å². The van der Waals surface area contributed by atoms with Crippen molar-refractivity contribution in [2.75, 3.05) is 0 Å². The molecule has 2 aromatic rings. The zero-order valence-electron chi connectivity index (χ0n) is 9.24. The van der Waals surface area contributed by atoms with Crippen LogP contribution in [0.1, 0.15) is 5.56 Å². The molecule has 0 saturated heterocycles. The molecule has 0 aliphatic heterocycles. The van der Waals surface area contributed by atoms with Crippen LogP contribution in [-0.4, -0.2) is 4.92 Å². The van der Waals surface area contributed by atoms with Crippen LogP contribution in [0, 0.1) is 21.4 Å². The van der Waals surface area contributed by atoms with E-state index in [-0.39, 0.29) is 5.69 Å². The minimum atomic E-state index is -0.419. The first-order chi connectivity index (χ1) is 8.72. The lowest BCUT2D eigenvalue weighted by Crippen LogP contribution is -1.90. The van der Waals surface area contributed by atoms with Crippen molar-refractivity contribution in [2.45, 2.75) is 9.79 Å². The summed E-state index contributed by atoms with van der Waals surface area (Å²) in [5.41, 5.74) is 0.566. The number of hydrogen-bond donors (Lipinski definition) is 0. The van der Waals surface area contributed by atoms with E-state index in [2.05, 4.69) is 6.07 Å². The summed E-state index contributed by atoms with van der Waals surface area (Å²) in [6, 6.07) is 15.6. The summed E-state index contributed by atoms with van der Waals surface area (Å²) in [5.74, 6) is 0. The van der Waals surface area contributed by atoms with Crippen molar-refractivity contribution in [2.24, 2.45) is 0 Å². The molecule has 0 fully saturated rings. The average Bonchev–Trinajstić information content (AvgIpc) is 2.40. The van der Waals surface area contributed by atoms with Crippen molar-refractivity contribution in [3.8, 4) is 6.07 Å². The second kappa shape index (κ2) is 5.34. The van der Waals surface area contributed by atoms with Crippen molar-refractivity contribution in [3.63, 3.8) is 0 Å². The van der Waals surface area contributed by atoms with Crippen LogP contribution in [0.3, 0.4) is 0 Å². The number of rotatable bonds is 3. The highest BCUT2D eigenvalue weighted by Gasteiger charge is 2.14.